The number of hydrogen-bond acceptors (Lipinski definition) is 10. The Labute approximate surface area is 325 Å². The molecule has 2 heterocycles. The van der Waals surface area contributed by atoms with Crippen LogP contribution in [0.4, 0.5) is 4.79 Å². The number of nitrogens with zero attached hydrogens (tertiary/aromatic N) is 2. The number of nitrogens with one attached hydrogen (secondary N) is 3. The van der Waals surface area contributed by atoms with E-state index in [1.54, 1.807) is 66.8 Å². The van der Waals surface area contributed by atoms with Gasteiger partial charge in [0.2, 0.25) is 3.79 Å². The van der Waals surface area contributed by atoms with Crippen molar-refractivity contribution in [1.82, 2.24) is 26.1 Å². The fourth-order valence-corrected chi connectivity index (χ4v) is 5.35. The molecule has 1 saturated heterocycles. The van der Waals surface area contributed by atoms with E-state index in [0.717, 1.165) is 16.3 Å². The van der Waals surface area contributed by atoms with Gasteiger partial charge in [-0.2, -0.15) is 0 Å². The molecule has 3 amide bonds. The number of hydrogen-bond donors (Lipinski definition) is 3. The minimum atomic E-state index is -1.77. The van der Waals surface area contributed by atoms with Gasteiger partial charge in [0.1, 0.15) is 24.3 Å². The van der Waals surface area contributed by atoms with Gasteiger partial charge in [0, 0.05) is 18.1 Å². The van der Waals surface area contributed by atoms with Crippen molar-refractivity contribution in [2.75, 3.05) is 13.2 Å². The van der Waals surface area contributed by atoms with E-state index < -0.39 is 75.4 Å². The average molecular weight is 799 g/mol. The normalized spacial score (nSPS) is 17.2. The Kier molecular flexibility index (Phi) is 15.0. The van der Waals surface area contributed by atoms with Crippen LogP contribution in [-0.4, -0.2) is 80.6 Å². The van der Waals surface area contributed by atoms with Crippen molar-refractivity contribution in [2.24, 2.45) is 11.3 Å². The second-order valence-electron chi connectivity index (χ2n) is 15.0. The number of benzene rings is 1. The molecule has 16 heteroatoms. The summed E-state index contributed by atoms with van der Waals surface area (Å²) in [5.74, 6) is -2.90. The number of carbonyl (C=O) groups is 5. The number of pyridine rings is 1. The van der Waals surface area contributed by atoms with Crippen LogP contribution in [0.2, 0.25) is 0 Å². The van der Waals surface area contributed by atoms with Crippen molar-refractivity contribution in [3.8, 4) is 0 Å². The van der Waals surface area contributed by atoms with Gasteiger partial charge in [-0.25, -0.2) is 10.2 Å². The summed E-state index contributed by atoms with van der Waals surface area (Å²) in [7, 11) is 0. The van der Waals surface area contributed by atoms with E-state index in [0.29, 0.717) is 18.5 Å². The number of hydrazine groups is 1. The van der Waals surface area contributed by atoms with E-state index in [1.807, 2.05) is 31.2 Å². The number of carbonyl (C=O) groups excluding carboxylic acids is 5. The third-order valence-corrected chi connectivity index (χ3v) is 8.47. The predicted molar refractivity (Wildman–Crippen MR) is 204 cm³/mol. The van der Waals surface area contributed by atoms with Gasteiger partial charge >= 0.3 is 18.0 Å². The number of esters is 2. The molecule has 3 rings (SSSR count). The molecule has 0 saturated carbocycles. The van der Waals surface area contributed by atoms with Crippen molar-refractivity contribution < 1.29 is 38.2 Å². The minimum Gasteiger partial charge on any atom is -0.460 e. The van der Waals surface area contributed by atoms with Crippen LogP contribution in [0.15, 0.2) is 36.5 Å². The summed E-state index contributed by atoms with van der Waals surface area (Å²) in [4.78, 5) is 69.2. The number of aromatic nitrogens is 1. The largest absolute Gasteiger partial charge is 0.460 e. The summed E-state index contributed by atoms with van der Waals surface area (Å²) in [5, 5.41) is 8.50. The zero-order chi connectivity index (χ0) is 39.9. The highest BCUT2D eigenvalue weighted by Crippen LogP contribution is 2.27. The fourth-order valence-electron chi connectivity index (χ4n) is 5.19. The molecule has 0 aliphatic carbocycles. The lowest BCUT2D eigenvalue weighted by Crippen LogP contribution is -2.60. The van der Waals surface area contributed by atoms with Crippen LogP contribution < -0.4 is 16.1 Å². The van der Waals surface area contributed by atoms with Gasteiger partial charge in [-0.15, -0.1) is 0 Å². The number of fused-ring (bicyclic) bond motifs is 1. The summed E-state index contributed by atoms with van der Waals surface area (Å²) in [6.07, 6.45) is 4.25. The smallest absolute Gasteiger partial charge is 0.408 e. The molecule has 2 aromatic rings. The molecule has 0 unspecified atom stereocenters. The van der Waals surface area contributed by atoms with E-state index in [1.165, 1.54) is 11.9 Å². The van der Waals surface area contributed by atoms with Gasteiger partial charge in [-0.05, 0) is 96.4 Å². The molecule has 13 nitrogen and oxygen atoms in total. The molecule has 3 N–H and O–H groups in total. The molecular formula is C37H50Cl3N5O8. The number of halogens is 3. The van der Waals surface area contributed by atoms with Crippen molar-refractivity contribution in [2.45, 2.75) is 109 Å². The highest BCUT2D eigenvalue weighted by Gasteiger charge is 2.37. The fraction of sp³-hybridized carbons (Fsp3) is 0.568. The summed E-state index contributed by atoms with van der Waals surface area (Å²) in [6.45, 7) is 15.4. The summed E-state index contributed by atoms with van der Waals surface area (Å²) in [6, 6.07) is 5.47. The van der Waals surface area contributed by atoms with Crippen LogP contribution in [0, 0.1) is 11.3 Å². The Morgan fingerprint density at radius 3 is 2.30 bits per heavy atom. The van der Waals surface area contributed by atoms with Crippen molar-refractivity contribution >= 4 is 81.5 Å². The standard InChI is InChI=1S/C37H50Cl3N5O8/c1-21(2)29(30(46)42-23(4)31(47)45-16-10-11-28(44-45)32(48)51-20-37(38,39)40)52-33(49)36(8,9)15-14-27-18-26-17-24(12-13-25(26)19-41-27)22(3)43-34(50)53-35(5,6)7/h12-15,17-19,21-23,28-29,44H,10-11,16,20H2,1-9H3,(H,42,46)(H,43,50)/t22-,23+,28+,29+/m1/s1. The van der Waals surface area contributed by atoms with Crippen molar-refractivity contribution in [3.05, 3.63) is 47.8 Å². The Morgan fingerprint density at radius 1 is 1.00 bits per heavy atom. The topological polar surface area (TPSA) is 165 Å². The Morgan fingerprint density at radius 2 is 1.68 bits per heavy atom. The lowest BCUT2D eigenvalue weighted by Gasteiger charge is -2.34. The van der Waals surface area contributed by atoms with E-state index in [-0.39, 0.29) is 12.6 Å². The van der Waals surface area contributed by atoms with Crippen LogP contribution in [-0.2, 0) is 33.4 Å². The molecule has 0 bridgehead atoms. The van der Waals surface area contributed by atoms with Crippen LogP contribution in [0.25, 0.3) is 16.8 Å². The summed E-state index contributed by atoms with van der Waals surface area (Å²) in [5.41, 5.74) is 2.50. The van der Waals surface area contributed by atoms with Crippen molar-refractivity contribution in [1.29, 1.82) is 0 Å². The van der Waals surface area contributed by atoms with Gasteiger partial charge in [0.25, 0.3) is 11.8 Å². The molecule has 1 aromatic heterocycles. The quantitative estimate of drug-likeness (QED) is 0.125. The summed E-state index contributed by atoms with van der Waals surface area (Å²) < 4.78 is 14.4. The first kappa shape index (κ1) is 43.8. The van der Waals surface area contributed by atoms with Crippen LogP contribution in [0.5, 0.6) is 0 Å². The van der Waals surface area contributed by atoms with Gasteiger partial charge < -0.3 is 24.8 Å². The molecule has 1 aromatic carbocycles. The number of amides is 3. The average Bonchev–Trinajstić information content (AvgIpc) is 3.06. The van der Waals surface area contributed by atoms with Crippen LogP contribution in [0.3, 0.4) is 0 Å². The number of rotatable bonds is 12. The lowest BCUT2D eigenvalue weighted by molar-refractivity contribution is -0.165. The molecular weight excluding hydrogens is 749 g/mol. The highest BCUT2D eigenvalue weighted by molar-refractivity contribution is 6.67. The van der Waals surface area contributed by atoms with Gasteiger partial charge in [0.05, 0.1) is 17.2 Å². The second-order valence-corrected chi connectivity index (χ2v) is 17.5. The second kappa shape index (κ2) is 18.1. The molecule has 0 radical (unpaired) electrons. The van der Waals surface area contributed by atoms with Gasteiger partial charge in [0.15, 0.2) is 6.10 Å². The maximum atomic E-state index is 13.4. The van der Waals surface area contributed by atoms with E-state index in [9.17, 15) is 24.0 Å². The highest BCUT2D eigenvalue weighted by atomic mass is 35.6. The van der Waals surface area contributed by atoms with Gasteiger partial charge in [-0.1, -0.05) is 66.9 Å². The first-order valence-electron chi connectivity index (χ1n) is 17.4. The molecule has 1 aliphatic rings. The third kappa shape index (κ3) is 13.6. The monoisotopic (exact) mass is 797 g/mol. The molecule has 53 heavy (non-hydrogen) atoms. The maximum Gasteiger partial charge on any atom is 0.408 e. The van der Waals surface area contributed by atoms with Crippen LogP contribution in [0.1, 0.15) is 92.5 Å². The SMILES string of the molecule is CC(C)[C@H](OC(=O)C(C)(C)C=Cc1cc2cc([C@@H](C)NC(=O)OC(C)(C)C)ccc2cn1)C(=O)N[C@@H](C)C(=O)N1CCC[C@@H](C(=O)OCC(Cl)(Cl)Cl)N1. The molecule has 1 fully saturated rings. The van der Waals surface area contributed by atoms with E-state index in [2.05, 4.69) is 21.0 Å². The number of ether oxygens (including phenoxy) is 3. The molecule has 0 spiro atoms. The third-order valence-electron chi connectivity index (χ3n) is 8.14. The Balaban J connectivity index is 1.63. The molecule has 1 aliphatic heterocycles. The van der Waals surface area contributed by atoms with Crippen LogP contribution >= 0.6 is 34.8 Å². The Hall–Kier alpha value is -3.65. The van der Waals surface area contributed by atoms with E-state index in [4.69, 9.17) is 49.0 Å². The minimum absolute atomic E-state index is 0.286. The zero-order valence-corrected chi connectivity index (χ0v) is 33.8. The zero-order valence-electron chi connectivity index (χ0n) is 31.6. The Bertz CT molecular complexity index is 1690. The number of alkyl halides is 3. The maximum absolute atomic E-state index is 13.4. The molecule has 292 valence electrons. The number of alkyl carbamates (subject to hydrolysis) is 1. The first-order valence-corrected chi connectivity index (χ1v) is 18.5. The van der Waals surface area contributed by atoms with E-state index >= 15 is 0 Å². The lowest BCUT2D eigenvalue weighted by atomic mass is 9.92. The summed E-state index contributed by atoms with van der Waals surface area (Å²) >= 11 is 17.0. The van der Waals surface area contributed by atoms with Crippen molar-refractivity contribution in [3.63, 3.8) is 0 Å². The van der Waals surface area contributed by atoms with Gasteiger partial charge in [-0.3, -0.25) is 29.2 Å². The predicted octanol–water partition coefficient (Wildman–Crippen LogP) is 6.34. The molecule has 4 atom stereocenters. The first-order chi connectivity index (χ1) is 24.5.